The van der Waals surface area contributed by atoms with Gasteiger partial charge < -0.3 is 20.5 Å². The standard InChI is InChI=1S/C25H23N3O4S/c1-14-9-19(17-13-33-24-16(17)5-4-6-18(24)26)28-20(10-14)21(29)12-27-25(30)15-7-8-22(31-2)23(11-15)32-3/h4-11,13H,12,26H2,1-3H3,(H,27,30). The van der Waals surface area contributed by atoms with Crippen molar-refractivity contribution in [1.82, 2.24) is 10.3 Å². The van der Waals surface area contributed by atoms with Crippen LogP contribution in [0, 0.1) is 6.92 Å². The fraction of sp³-hybridized carbons (Fsp3) is 0.160. The van der Waals surface area contributed by atoms with E-state index in [2.05, 4.69) is 10.3 Å². The van der Waals surface area contributed by atoms with Crippen molar-refractivity contribution in [3.8, 4) is 22.8 Å². The monoisotopic (exact) mass is 461 g/mol. The van der Waals surface area contributed by atoms with Crippen molar-refractivity contribution in [1.29, 1.82) is 0 Å². The lowest BCUT2D eigenvalue weighted by atomic mass is 10.1. The number of Topliss-reactive ketones (excluding diaryl/α,β-unsaturated/α-hetero) is 1. The van der Waals surface area contributed by atoms with Crippen LogP contribution in [0.25, 0.3) is 21.3 Å². The summed E-state index contributed by atoms with van der Waals surface area (Å²) in [5.74, 6) is 0.277. The quantitative estimate of drug-likeness (QED) is 0.311. The Hall–Kier alpha value is -3.91. The molecule has 0 fully saturated rings. The second kappa shape index (κ2) is 9.30. The number of nitrogens with one attached hydrogen (secondary N) is 1. The van der Waals surface area contributed by atoms with E-state index in [1.165, 1.54) is 14.2 Å². The number of hydrogen-bond donors (Lipinski definition) is 2. The molecular weight excluding hydrogens is 438 g/mol. The number of nitrogens with zero attached hydrogens (tertiary/aromatic N) is 1. The molecule has 0 aliphatic rings. The van der Waals surface area contributed by atoms with E-state index in [0.29, 0.717) is 34.1 Å². The second-order valence-electron chi connectivity index (χ2n) is 7.46. The molecule has 0 atom stereocenters. The molecule has 168 valence electrons. The van der Waals surface area contributed by atoms with Crippen molar-refractivity contribution in [2.24, 2.45) is 0 Å². The normalized spacial score (nSPS) is 10.8. The molecule has 4 rings (SSSR count). The molecule has 0 saturated heterocycles. The Balaban J connectivity index is 1.54. The first-order valence-corrected chi connectivity index (χ1v) is 11.1. The van der Waals surface area contributed by atoms with Gasteiger partial charge in [-0.15, -0.1) is 11.3 Å². The zero-order valence-corrected chi connectivity index (χ0v) is 19.3. The highest BCUT2D eigenvalue weighted by Gasteiger charge is 2.16. The Morgan fingerprint density at radius 3 is 2.61 bits per heavy atom. The zero-order chi connectivity index (χ0) is 23.5. The van der Waals surface area contributed by atoms with Gasteiger partial charge in [0, 0.05) is 27.6 Å². The number of fused-ring (bicyclic) bond motifs is 1. The third kappa shape index (κ3) is 4.51. The van der Waals surface area contributed by atoms with Gasteiger partial charge in [0.2, 0.25) is 0 Å². The lowest BCUT2D eigenvalue weighted by Crippen LogP contribution is -2.30. The van der Waals surface area contributed by atoms with Crippen LogP contribution >= 0.6 is 11.3 Å². The molecular formula is C25H23N3O4S. The van der Waals surface area contributed by atoms with Crippen LogP contribution in [0.1, 0.15) is 26.4 Å². The topological polar surface area (TPSA) is 104 Å². The minimum Gasteiger partial charge on any atom is -0.493 e. The Labute approximate surface area is 195 Å². The molecule has 33 heavy (non-hydrogen) atoms. The largest absolute Gasteiger partial charge is 0.493 e. The van der Waals surface area contributed by atoms with Gasteiger partial charge in [0.05, 0.1) is 31.2 Å². The summed E-state index contributed by atoms with van der Waals surface area (Å²) in [5.41, 5.74) is 9.98. The number of aryl methyl sites for hydroxylation is 1. The number of nitrogens with two attached hydrogens (primary N) is 1. The summed E-state index contributed by atoms with van der Waals surface area (Å²) < 4.78 is 11.4. The molecule has 2 aromatic carbocycles. The fourth-order valence-corrected chi connectivity index (χ4v) is 4.55. The van der Waals surface area contributed by atoms with Crippen molar-refractivity contribution in [3.05, 3.63) is 70.7 Å². The number of carbonyl (C=O) groups excluding carboxylic acids is 2. The molecule has 7 nitrogen and oxygen atoms in total. The molecule has 1 amide bonds. The van der Waals surface area contributed by atoms with Crippen LogP contribution in [0.5, 0.6) is 11.5 Å². The third-order valence-corrected chi connectivity index (χ3v) is 6.26. The predicted molar refractivity (Wildman–Crippen MR) is 130 cm³/mol. The number of ether oxygens (including phenoxy) is 2. The number of methoxy groups -OCH3 is 2. The fourth-order valence-electron chi connectivity index (χ4n) is 3.56. The molecule has 0 unspecified atom stereocenters. The average molecular weight is 462 g/mol. The van der Waals surface area contributed by atoms with Crippen LogP contribution in [0.2, 0.25) is 0 Å². The highest BCUT2D eigenvalue weighted by Crippen LogP contribution is 2.36. The molecule has 0 bridgehead atoms. The molecule has 0 aliphatic heterocycles. The van der Waals surface area contributed by atoms with Crippen LogP contribution in [-0.4, -0.2) is 37.4 Å². The molecule has 8 heteroatoms. The van der Waals surface area contributed by atoms with Gasteiger partial charge in [-0.2, -0.15) is 0 Å². The van der Waals surface area contributed by atoms with Crippen LogP contribution in [0.3, 0.4) is 0 Å². The Kier molecular flexibility index (Phi) is 6.28. The summed E-state index contributed by atoms with van der Waals surface area (Å²) in [6.07, 6.45) is 0. The first-order chi connectivity index (χ1) is 15.9. The summed E-state index contributed by atoms with van der Waals surface area (Å²) in [6.45, 7) is 1.73. The maximum absolute atomic E-state index is 12.9. The van der Waals surface area contributed by atoms with E-state index >= 15 is 0 Å². The highest BCUT2D eigenvalue weighted by molar-refractivity contribution is 7.18. The van der Waals surface area contributed by atoms with Crippen LogP contribution in [0.15, 0.2) is 53.9 Å². The first kappa shape index (κ1) is 22.3. The van der Waals surface area contributed by atoms with E-state index < -0.39 is 5.91 Å². The van der Waals surface area contributed by atoms with Crippen LogP contribution < -0.4 is 20.5 Å². The molecule has 2 heterocycles. The van der Waals surface area contributed by atoms with Gasteiger partial charge in [-0.25, -0.2) is 4.98 Å². The zero-order valence-electron chi connectivity index (χ0n) is 18.5. The van der Waals surface area contributed by atoms with Gasteiger partial charge in [-0.05, 0) is 48.9 Å². The van der Waals surface area contributed by atoms with E-state index in [0.717, 1.165) is 21.2 Å². The molecule has 0 radical (unpaired) electrons. The van der Waals surface area contributed by atoms with Crippen LogP contribution in [0.4, 0.5) is 5.69 Å². The number of amides is 1. The highest BCUT2D eigenvalue weighted by atomic mass is 32.1. The number of aromatic nitrogens is 1. The smallest absolute Gasteiger partial charge is 0.251 e. The van der Waals surface area contributed by atoms with Gasteiger partial charge in [-0.1, -0.05) is 12.1 Å². The van der Waals surface area contributed by atoms with Crippen molar-refractivity contribution < 1.29 is 19.1 Å². The average Bonchev–Trinajstić information content (AvgIpc) is 3.27. The SMILES string of the molecule is COc1ccc(C(=O)NCC(=O)c2cc(C)cc(-c3csc4c(N)cccc34)n2)cc1OC. The van der Waals surface area contributed by atoms with Gasteiger partial charge in [0.25, 0.3) is 5.91 Å². The number of nitrogen functional groups attached to an aromatic ring is 1. The van der Waals surface area contributed by atoms with E-state index in [1.807, 2.05) is 36.6 Å². The van der Waals surface area contributed by atoms with Crippen LogP contribution in [-0.2, 0) is 0 Å². The van der Waals surface area contributed by atoms with E-state index in [-0.39, 0.29) is 12.3 Å². The maximum Gasteiger partial charge on any atom is 0.251 e. The minimum absolute atomic E-state index is 0.180. The first-order valence-electron chi connectivity index (χ1n) is 10.2. The van der Waals surface area contributed by atoms with Gasteiger partial charge in [0.15, 0.2) is 17.3 Å². The van der Waals surface area contributed by atoms with Crippen molar-refractivity contribution in [3.63, 3.8) is 0 Å². The summed E-state index contributed by atoms with van der Waals surface area (Å²) in [6, 6.07) is 14.2. The number of benzene rings is 2. The number of anilines is 1. The number of carbonyl (C=O) groups is 2. The van der Waals surface area contributed by atoms with Gasteiger partial charge >= 0.3 is 0 Å². The maximum atomic E-state index is 12.9. The molecule has 0 aliphatic carbocycles. The summed E-state index contributed by atoms with van der Waals surface area (Å²) in [4.78, 5) is 30.0. The third-order valence-electron chi connectivity index (χ3n) is 5.22. The second-order valence-corrected chi connectivity index (χ2v) is 8.34. The Bertz CT molecular complexity index is 1360. The van der Waals surface area contributed by atoms with E-state index in [4.69, 9.17) is 15.2 Å². The molecule has 2 aromatic heterocycles. The number of ketones is 1. The summed E-state index contributed by atoms with van der Waals surface area (Å²) >= 11 is 1.55. The van der Waals surface area contributed by atoms with Crippen molar-refractivity contribution in [2.75, 3.05) is 26.5 Å². The van der Waals surface area contributed by atoms with E-state index in [1.54, 1.807) is 35.6 Å². The molecule has 0 saturated carbocycles. The van der Waals surface area contributed by atoms with Gasteiger partial charge in [0.1, 0.15) is 5.69 Å². The van der Waals surface area contributed by atoms with Crippen molar-refractivity contribution in [2.45, 2.75) is 6.92 Å². The lowest BCUT2D eigenvalue weighted by molar-refractivity contribution is 0.0902. The van der Waals surface area contributed by atoms with Crippen molar-refractivity contribution >= 4 is 38.8 Å². The Morgan fingerprint density at radius 2 is 1.85 bits per heavy atom. The lowest BCUT2D eigenvalue weighted by Gasteiger charge is -2.10. The Morgan fingerprint density at radius 1 is 1.06 bits per heavy atom. The number of rotatable bonds is 7. The molecule has 0 spiro atoms. The minimum atomic E-state index is -0.392. The molecule has 4 aromatic rings. The number of thiophene rings is 1. The summed E-state index contributed by atoms with van der Waals surface area (Å²) in [7, 11) is 3.02. The number of pyridine rings is 1. The van der Waals surface area contributed by atoms with E-state index in [9.17, 15) is 9.59 Å². The molecule has 3 N–H and O–H groups in total. The summed E-state index contributed by atoms with van der Waals surface area (Å²) in [5, 5.41) is 5.65. The predicted octanol–water partition coefficient (Wildman–Crippen LogP) is 4.48. The number of hydrogen-bond acceptors (Lipinski definition) is 7. The van der Waals surface area contributed by atoms with Gasteiger partial charge in [-0.3, -0.25) is 9.59 Å².